The van der Waals surface area contributed by atoms with Gasteiger partial charge in [-0.05, 0) is 48.5 Å². The molecule has 0 spiro atoms. The van der Waals surface area contributed by atoms with Crippen molar-refractivity contribution in [1.29, 1.82) is 0 Å². The van der Waals surface area contributed by atoms with Crippen molar-refractivity contribution in [3.63, 3.8) is 0 Å². The van der Waals surface area contributed by atoms with Crippen molar-refractivity contribution in [1.82, 2.24) is 10.6 Å². The second-order valence-electron chi connectivity index (χ2n) is 6.90. The summed E-state index contributed by atoms with van der Waals surface area (Å²) < 4.78 is 9.93. The summed E-state index contributed by atoms with van der Waals surface area (Å²) in [6, 6.07) is 13.5. The van der Waals surface area contributed by atoms with E-state index in [0.717, 1.165) is 5.56 Å². The Kier molecular flexibility index (Phi) is 9.89. The Morgan fingerprint density at radius 3 is 2.09 bits per heavy atom. The highest BCUT2D eigenvalue weighted by Gasteiger charge is 2.27. The third kappa shape index (κ3) is 7.96. The van der Waals surface area contributed by atoms with Crippen LogP contribution >= 0.6 is 0 Å². The maximum absolute atomic E-state index is 12.3. The van der Waals surface area contributed by atoms with Crippen molar-refractivity contribution in [3.8, 4) is 17.6 Å². The summed E-state index contributed by atoms with van der Waals surface area (Å²) in [5.41, 5.74) is 1.79. The maximum atomic E-state index is 12.3. The van der Waals surface area contributed by atoms with E-state index in [0.29, 0.717) is 16.9 Å². The van der Waals surface area contributed by atoms with Crippen LogP contribution in [0.4, 0.5) is 0 Å². The molecule has 0 fully saturated rings. The van der Waals surface area contributed by atoms with Crippen LogP contribution in [-0.2, 0) is 14.3 Å². The van der Waals surface area contributed by atoms with Crippen LogP contribution in [0.2, 0.25) is 0 Å². The van der Waals surface area contributed by atoms with Gasteiger partial charge in [0.25, 0.3) is 5.91 Å². The highest BCUT2D eigenvalue weighted by molar-refractivity contribution is 5.99. The predicted octanol–water partition coefficient (Wildman–Crippen LogP) is 0.0834. The quantitative estimate of drug-likeness (QED) is 0.240. The Morgan fingerprint density at radius 1 is 1.00 bits per heavy atom. The first-order valence-electron chi connectivity index (χ1n) is 10.1. The normalized spacial score (nSPS) is 11.9. The average Bonchev–Trinajstić information content (AvgIpc) is 2.86. The first kappa shape index (κ1) is 25.4. The van der Waals surface area contributed by atoms with Crippen molar-refractivity contribution < 1.29 is 34.1 Å². The van der Waals surface area contributed by atoms with Crippen LogP contribution < -0.4 is 15.4 Å². The number of hydrogen-bond donors (Lipinski definition) is 4. The number of amides is 2. The second-order valence-corrected chi connectivity index (χ2v) is 6.90. The van der Waals surface area contributed by atoms with Gasteiger partial charge in [-0.1, -0.05) is 11.8 Å². The standard InChI is InChI=1S/C24H26N2O7/c1-25-23(30)21(24(31)32-2)13-26-22(29)18-9-5-16(6-10-18)3-4-17-7-11-20(12-8-17)33-15-19(28)14-27/h5-12,19,21,27-28H,13-15H2,1-2H3,(H,25,30)(H,26,29). The van der Waals surface area contributed by atoms with Gasteiger partial charge in [-0.2, -0.15) is 0 Å². The first-order valence-corrected chi connectivity index (χ1v) is 10.1. The fraction of sp³-hybridized carbons (Fsp3) is 0.292. The van der Waals surface area contributed by atoms with Crippen LogP contribution in [0.3, 0.4) is 0 Å². The molecule has 2 unspecified atom stereocenters. The lowest BCUT2D eigenvalue weighted by Gasteiger charge is -2.14. The molecule has 0 saturated heterocycles. The van der Waals surface area contributed by atoms with Crippen LogP contribution in [0, 0.1) is 17.8 Å². The topological polar surface area (TPSA) is 134 Å². The lowest BCUT2D eigenvalue weighted by Crippen LogP contribution is -2.42. The van der Waals surface area contributed by atoms with Gasteiger partial charge >= 0.3 is 5.97 Å². The lowest BCUT2D eigenvalue weighted by atomic mass is 10.1. The summed E-state index contributed by atoms with van der Waals surface area (Å²) in [4.78, 5) is 35.8. The summed E-state index contributed by atoms with van der Waals surface area (Å²) >= 11 is 0. The number of hydrogen-bond acceptors (Lipinski definition) is 7. The maximum Gasteiger partial charge on any atom is 0.320 e. The van der Waals surface area contributed by atoms with Crippen LogP contribution in [0.25, 0.3) is 0 Å². The number of benzene rings is 2. The van der Waals surface area contributed by atoms with Gasteiger partial charge in [-0.15, -0.1) is 0 Å². The summed E-state index contributed by atoms with van der Waals surface area (Å²) in [7, 11) is 2.57. The van der Waals surface area contributed by atoms with Crippen molar-refractivity contribution in [2.24, 2.45) is 5.92 Å². The van der Waals surface area contributed by atoms with Crippen LogP contribution in [0.15, 0.2) is 48.5 Å². The number of methoxy groups -OCH3 is 1. The van der Waals surface area contributed by atoms with Gasteiger partial charge in [0.1, 0.15) is 18.5 Å². The molecule has 4 N–H and O–H groups in total. The number of aliphatic hydroxyl groups is 2. The number of carbonyl (C=O) groups is 3. The molecule has 2 amide bonds. The molecule has 174 valence electrons. The molecule has 2 rings (SSSR count). The second kappa shape index (κ2) is 12.9. The van der Waals surface area contributed by atoms with Gasteiger partial charge in [-0.25, -0.2) is 0 Å². The molecule has 0 aliphatic heterocycles. The summed E-state index contributed by atoms with van der Waals surface area (Å²) in [5.74, 6) is 3.69. The van der Waals surface area contributed by atoms with E-state index < -0.39 is 29.8 Å². The SMILES string of the molecule is CNC(=O)C(CNC(=O)c1ccc(C#Cc2ccc(OCC(O)CO)cc2)cc1)C(=O)OC. The van der Waals surface area contributed by atoms with E-state index in [-0.39, 0.29) is 19.8 Å². The molecular weight excluding hydrogens is 428 g/mol. The Bertz CT molecular complexity index is 992. The molecule has 0 aliphatic rings. The average molecular weight is 454 g/mol. The summed E-state index contributed by atoms with van der Waals surface area (Å²) in [6.45, 7) is -0.559. The van der Waals surface area contributed by atoms with Crippen molar-refractivity contribution in [3.05, 3.63) is 65.2 Å². The number of carbonyl (C=O) groups excluding carboxylic acids is 3. The van der Waals surface area contributed by atoms with Crippen molar-refractivity contribution in [2.75, 3.05) is 33.9 Å². The number of rotatable bonds is 9. The van der Waals surface area contributed by atoms with Crippen molar-refractivity contribution in [2.45, 2.75) is 6.10 Å². The highest BCUT2D eigenvalue weighted by atomic mass is 16.5. The molecule has 0 aliphatic carbocycles. The fourth-order valence-electron chi connectivity index (χ4n) is 2.63. The molecule has 0 saturated carbocycles. The molecule has 33 heavy (non-hydrogen) atoms. The number of nitrogens with one attached hydrogen (secondary N) is 2. The Hall–Kier alpha value is -3.87. The minimum atomic E-state index is -1.13. The van der Waals surface area contributed by atoms with E-state index >= 15 is 0 Å². The largest absolute Gasteiger partial charge is 0.491 e. The molecular formula is C24H26N2O7. The Labute approximate surface area is 191 Å². The lowest BCUT2D eigenvalue weighted by molar-refractivity contribution is -0.149. The van der Waals surface area contributed by atoms with Crippen LogP contribution in [0.5, 0.6) is 5.75 Å². The zero-order valence-electron chi connectivity index (χ0n) is 18.3. The van der Waals surface area contributed by atoms with E-state index in [4.69, 9.17) is 9.84 Å². The summed E-state index contributed by atoms with van der Waals surface area (Å²) in [5, 5.41) is 23.0. The van der Waals surface area contributed by atoms with E-state index in [9.17, 15) is 19.5 Å². The van der Waals surface area contributed by atoms with Gasteiger partial charge < -0.3 is 30.3 Å². The molecule has 0 heterocycles. The molecule has 0 aromatic heterocycles. The third-order valence-electron chi connectivity index (χ3n) is 4.52. The third-order valence-corrected chi connectivity index (χ3v) is 4.52. The van der Waals surface area contributed by atoms with Gasteiger partial charge in [-0.3, -0.25) is 14.4 Å². The molecule has 0 radical (unpaired) electrons. The van der Waals surface area contributed by atoms with Gasteiger partial charge in [0, 0.05) is 30.3 Å². The van der Waals surface area contributed by atoms with Gasteiger partial charge in [0.15, 0.2) is 5.92 Å². The smallest absolute Gasteiger partial charge is 0.320 e. The molecule has 9 nitrogen and oxygen atoms in total. The zero-order valence-corrected chi connectivity index (χ0v) is 18.3. The Morgan fingerprint density at radius 2 is 1.58 bits per heavy atom. The fourth-order valence-corrected chi connectivity index (χ4v) is 2.63. The van der Waals surface area contributed by atoms with E-state index in [2.05, 4.69) is 27.2 Å². The van der Waals surface area contributed by atoms with Crippen LogP contribution in [0.1, 0.15) is 21.5 Å². The molecule has 2 atom stereocenters. The summed E-state index contributed by atoms with van der Waals surface area (Å²) in [6.07, 6.45) is -0.931. The minimum Gasteiger partial charge on any atom is -0.491 e. The van der Waals surface area contributed by atoms with E-state index in [1.54, 1.807) is 48.5 Å². The van der Waals surface area contributed by atoms with Crippen molar-refractivity contribution >= 4 is 17.8 Å². The molecule has 0 bridgehead atoms. The molecule has 2 aromatic carbocycles. The van der Waals surface area contributed by atoms with E-state index in [1.165, 1.54) is 14.2 Å². The number of aliphatic hydroxyl groups excluding tert-OH is 2. The predicted molar refractivity (Wildman–Crippen MR) is 119 cm³/mol. The monoisotopic (exact) mass is 454 g/mol. The molecule has 9 heteroatoms. The van der Waals surface area contributed by atoms with Gasteiger partial charge in [0.05, 0.1) is 13.7 Å². The van der Waals surface area contributed by atoms with E-state index in [1.807, 2.05) is 0 Å². The highest BCUT2D eigenvalue weighted by Crippen LogP contribution is 2.12. The Balaban J connectivity index is 1.95. The minimum absolute atomic E-state index is 0.00338. The molecule has 2 aromatic rings. The number of ether oxygens (including phenoxy) is 2. The first-order chi connectivity index (χ1) is 15.9. The van der Waals surface area contributed by atoms with Crippen LogP contribution in [-0.4, -0.2) is 68.0 Å². The zero-order chi connectivity index (χ0) is 24.2. The number of esters is 1. The van der Waals surface area contributed by atoms with Gasteiger partial charge in [0.2, 0.25) is 5.91 Å².